The molecule has 8 heteroatoms. The largest absolute Gasteiger partial charge is 0.481 e. The average molecular weight is 481 g/mol. The number of fused-ring (bicyclic) bond motifs is 3. The first-order chi connectivity index (χ1) is 17.0. The van der Waals surface area contributed by atoms with E-state index in [4.69, 9.17) is 9.47 Å². The molecular weight excluding hydrogens is 448 g/mol. The SMILES string of the molecule is COCCC(NC(=O)OCC1c2ccccc2-c2ccccc21)C(=O)N[C@H]1CCC[C@@H](C(=O)O)C1. The minimum absolute atomic E-state index is 0.0745. The number of hydrogen-bond donors (Lipinski definition) is 3. The van der Waals surface area contributed by atoms with E-state index in [-0.39, 0.29) is 37.5 Å². The summed E-state index contributed by atoms with van der Waals surface area (Å²) in [6.45, 7) is 0.436. The lowest BCUT2D eigenvalue weighted by molar-refractivity contribution is -0.143. The molecule has 2 aliphatic rings. The number of alkyl carbamates (subject to hydrolysis) is 1. The van der Waals surface area contributed by atoms with Gasteiger partial charge in [0.15, 0.2) is 0 Å². The van der Waals surface area contributed by atoms with E-state index in [1.54, 1.807) is 0 Å². The zero-order valence-electron chi connectivity index (χ0n) is 19.9. The molecule has 2 aromatic rings. The average Bonchev–Trinajstić information content (AvgIpc) is 3.19. The summed E-state index contributed by atoms with van der Waals surface area (Å²) in [5.41, 5.74) is 4.50. The molecule has 1 fully saturated rings. The number of rotatable bonds is 9. The number of aliphatic carboxylic acids is 1. The van der Waals surface area contributed by atoms with Gasteiger partial charge in [0, 0.05) is 32.1 Å². The van der Waals surface area contributed by atoms with Crippen LogP contribution in [0.5, 0.6) is 0 Å². The van der Waals surface area contributed by atoms with Crippen molar-refractivity contribution >= 4 is 18.0 Å². The molecule has 0 spiro atoms. The van der Waals surface area contributed by atoms with Gasteiger partial charge in [0.2, 0.25) is 5.91 Å². The van der Waals surface area contributed by atoms with Crippen LogP contribution < -0.4 is 10.6 Å². The number of ether oxygens (including phenoxy) is 2. The summed E-state index contributed by atoms with van der Waals surface area (Å²) in [6, 6.07) is 15.1. The molecule has 0 aliphatic heterocycles. The quantitative estimate of drug-likeness (QED) is 0.504. The summed E-state index contributed by atoms with van der Waals surface area (Å²) in [4.78, 5) is 37.0. The van der Waals surface area contributed by atoms with E-state index in [0.717, 1.165) is 35.1 Å². The summed E-state index contributed by atoms with van der Waals surface area (Å²) in [7, 11) is 1.53. The Labute approximate surface area is 205 Å². The van der Waals surface area contributed by atoms with Crippen LogP contribution in [0.3, 0.4) is 0 Å². The van der Waals surface area contributed by atoms with Crippen LogP contribution in [0.2, 0.25) is 0 Å². The highest BCUT2D eigenvalue weighted by Gasteiger charge is 2.32. The topological polar surface area (TPSA) is 114 Å². The number of hydrogen-bond acceptors (Lipinski definition) is 5. The van der Waals surface area contributed by atoms with E-state index >= 15 is 0 Å². The summed E-state index contributed by atoms with van der Waals surface area (Å²) in [5.74, 6) is -1.72. The molecule has 186 valence electrons. The van der Waals surface area contributed by atoms with Crippen LogP contribution in [-0.2, 0) is 19.1 Å². The Kier molecular flexibility index (Phi) is 8.02. The van der Waals surface area contributed by atoms with Gasteiger partial charge in [-0.1, -0.05) is 55.0 Å². The standard InChI is InChI=1S/C27H32N2O6/c1-34-14-13-24(25(30)28-18-8-6-7-17(15-18)26(31)32)29-27(33)35-16-23-21-11-4-2-9-19(21)20-10-3-5-12-22(20)23/h2-5,9-12,17-18,23-24H,6-8,13-16H2,1H3,(H,28,30)(H,29,33)(H,31,32)/t17-,18+,24?/m1/s1. The van der Waals surface area contributed by atoms with E-state index in [1.807, 2.05) is 36.4 Å². The maximum absolute atomic E-state index is 12.9. The molecule has 0 saturated heterocycles. The van der Waals surface area contributed by atoms with Gasteiger partial charge >= 0.3 is 12.1 Å². The van der Waals surface area contributed by atoms with E-state index in [9.17, 15) is 19.5 Å². The first kappa shape index (κ1) is 24.7. The van der Waals surface area contributed by atoms with Crippen molar-refractivity contribution < 1.29 is 29.0 Å². The van der Waals surface area contributed by atoms with Crippen LogP contribution in [0.4, 0.5) is 4.79 Å². The zero-order valence-corrected chi connectivity index (χ0v) is 19.9. The molecule has 3 atom stereocenters. The lowest BCUT2D eigenvalue weighted by atomic mass is 9.85. The highest BCUT2D eigenvalue weighted by atomic mass is 16.5. The molecule has 0 heterocycles. The lowest BCUT2D eigenvalue weighted by Crippen LogP contribution is -2.51. The third kappa shape index (κ3) is 5.82. The number of benzene rings is 2. The monoisotopic (exact) mass is 480 g/mol. The zero-order chi connectivity index (χ0) is 24.8. The first-order valence-corrected chi connectivity index (χ1v) is 12.1. The number of carboxylic acid groups (broad SMARTS) is 1. The van der Waals surface area contributed by atoms with Crippen molar-refractivity contribution in [2.24, 2.45) is 5.92 Å². The minimum Gasteiger partial charge on any atom is -0.481 e. The van der Waals surface area contributed by atoms with Gasteiger partial charge in [0.1, 0.15) is 12.6 Å². The van der Waals surface area contributed by atoms with Gasteiger partial charge in [0.05, 0.1) is 5.92 Å². The molecule has 4 rings (SSSR count). The Morgan fingerprint density at radius 2 is 1.69 bits per heavy atom. The number of amides is 2. The Morgan fingerprint density at radius 3 is 2.31 bits per heavy atom. The Balaban J connectivity index is 1.36. The fourth-order valence-corrected chi connectivity index (χ4v) is 5.13. The van der Waals surface area contributed by atoms with Gasteiger partial charge in [-0.15, -0.1) is 0 Å². The number of carboxylic acids is 1. The molecule has 8 nitrogen and oxygen atoms in total. The van der Waals surface area contributed by atoms with E-state index in [0.29, 0.717) is 12.8 Å². The van der Waals surface area contributed by atoms with E-state index in [2.05, 4.69) is 22.8 Å². The van der Waals surface area contributed by atoms with E-state index < -0.39 is 24.0 Å². The van der Waals surface area contributed by atoms with Crippen molar-refractivity contribution in [1.29, 1.82) is 0 Å². The highest BCUT2D eigenvalue weighted by molar-refractivity contribution is 5.86. The van der Waals surface area contributed by atoms with Crippen molar-refractivity contribution in [2.45, 2.75) is 50.1 Å². The molecule has 1 saturated carbocycles. The van der Waals surface area contributed by atoms with Crippen LogP contribution in [-0.4, -0.2) is 55.5 Å². The van der Waals surface area contributed by atoms with Gasteiger partial charge in [-0.2, -0.15) is 0 Å². The first-order valence-electron chi connectivity index (χ1n) is 12.1. The van der Waals surface area contributed by atoms with Crippen molar-refractivity contribution in [3.63, 3.8) is 0 Å². The van der Waals surface area contributed by atoms with Gasteiger partial charge < -0.3 is 25.2 Å². The molecule has 2 amide bonds. The molecule has 1 unspecified atom stereocenters. The molecule has 35 heavy (non-hydrogen) atoms. The fourth-order valence-electron chi connectivity index (χ4n) is 5.13. The molecule has 0 aromatic heterocycles. The Bertz CT molecular complexity index is 1030. The van der Waals surface area contributed by atoms with Crippen LogP contribution in [0, 0.1) is 5.92 Å². The Hall–Kier alpha value is -3.39. The molecule has 0 bridgehead atoms. The molecule has 2 aliphatic carbocycles. The predicted molar refractivity (Wildman–Crippen MR) is 130 cm³/mol. The van der Waals surface area contributed by atoms with Crippen LogP contribution in [0.1, 0.15) is 49.1 Å². The fraction of sp³-hybridized carbons (Fsp3) is 0.444. The summed E-state index contributed by atoms with van der Waals surface area (Å²) in [5, 5.41) is 14.9. The number of nitrogens with one attached hydrogen (secondary N) is 2. The second-order valence-electron chi connectivity index (χ2n) is 9.21. The summed E-state index contributed by atoms with van der Waals surface area (Å²) >= 11 is 0. The van der Waals surface area contributed by atoms with Gasteiger partial charge in [-0.3, -0.25) is 9.59 Å². The molecule has 0 radical (unpaired) electrons. The minimum atomic E-state index is -0.837. The van der Waals surface area contributed by atoms with Crippen LogP contribution in [0.25, 0.3) is 11.1 Å². The van der Waals surface area contributed by atoms with Gasteiger partial charge in [0.25, 0.3) is 0 Å². The van der Waals surface area contributed by atoms with Crippen LogP contribution in [0.15, 0.2) is 48.5 Å². The smallest absolute Gasteiger partial charge is 0.407 e. The molecular formula is C27H32N2O6. The number of carbonyl (C=O) groups excluding carboxylic acids is 2. The maximum atomic E-state index is 12.9. The van der Waals surface area contributed by atoms with Crippen molar-refractivity contribution in [3.05, 3.63) is 59.7 Å². The third-order valence-corrected chi connectivity index (χ3v) is 6.93. The second kappa shape index (κ2) is 11.4. The normalized spacial score (nSPS) is 19.8. The second-order valence-corrected chi connectivity index (χ2v) is 9.21. The summed E-state index contributed by atoms with van der Waals surface area (Å²) < 4.78 is 10.7. The number of carbonyl (C=O) groups is 3. The highest BCUT2D eigenvalue weighted by Crippen LogP contribution is 2.44. The Morgan fingerprint density at radius 1 is 1.03 bits per heavy atom. The number of methoxy groups -OCH3 is 1. The third-order valence-electron chi connectivity index (χ3n) is 6.93. The maximum Gasteiger partial charge on any atom is 0.407 e. The van der Waals surface area contributed by atoms with Crippen LogP contribution >= 0.6 is 0 Å². The molecule has 2 aromatic carbocycles. The summed E-state index contributed by atoms with van der Waals surface area (Å²) in [6.07, 6.45) is 2.08. The van der Waals surface area contributed by atoms with Crippen molar-refractivity contribution in [1.82, 2.24) is 10.6 Å². The van der Waals surface area contributed by atoms with Crippen molar-refractivity contribution in [3.8, 4) is 11.1 Å². The predicted octanol–water partition coefficient (Wildman–Crippen LogP) is 3.69. The van der Waals surface area contributed by atoms with Gasteiger partial charge in [-0.05, 0) is 41.5 Å². The molecule has 3 N–H and O–H groups in total. The lowest BCUT2D eigenvalue weighted by Gasteiger charge is -2.29. The van der Waals surface area contributed by atoms with Crippen molar-refractivity contribution in [2.75, 3.05) is 20.3 Å². The van der Waals surface area contributed by atoms with E-state index in [1.165, 1.54) is 7.11 Å². The van der Waals surface area contributed by atoms with Gasteiger partial charge in [-0.25, -0.2) is 4.79 Å².